The third kappa shape index (κ3) is 4.49. The summed E-state index contributed by atoms with van der Waals surface area (Å²) in [5, 5.41) is 12.5. The molecule has 1 saturated carbocycles. The molecule has 2 N–H and O–H groups in total. The van der Waals surface area contributed by atoms with Crippen molar-refractivity contribution in [3.63, 3.8) is 0 Å². The minimum atomic E-state index is -0.384. The van der Waals surface area contributed by atoms with Gasteiger partial charge in [0.15, 0.2) is 0 Å². The van der Waals surface area contributed by atoms with Gasteiger partial charge in [0, 0.05) is 18.7 Å². The molecule has 1 atom stereocenters. The van der Waals surface area contributed by atoms with Crippen molar-refractivity contribution in [3.8, 4) is 0 Å². The second-order valence-corrected chi connectivity index (χ2v) is 6.14. The zero-order valence-corrected chi connectivity index (χ0v) is 12.9. The van der Waals surface area contributed by atoms with E-state index in [1.165, 1.54) is 12.8 Å². The molecular weight excluding hydrogens is 266 g/mol. The Kier molecular flexibility index (Phi) is 5.67. The first kappa shape index (κ1) is 15.9. The van der Waals surface area contributed by atoms with Gasteiger partial charge in [-0.2, -0.15) is 0 Å². The summed E-state index contributed by atoms with van der Waals surface area (Å²) in [7, 11) is 0. The molecule has 1 aliphatic carbocycles. The molecule has 0 radical (unpaired) electrons. The molecular formula is C16H25N3O2. The van der Waals surface area contributed by atoms with Crippen molar-refractivity contribution >= 4 is 5.91 Å². The van der Waals surface area contributed by atoms with Crippen molar-refractivity contribution in [1.82, 2.24) is 15.3 Å². The maximum atomic E-state index is 12.1. The van der Waals surface area contributed by atoms with Crippen molar-refractivity contribution < 1.29 is 9.90 Å². The lowest BCUT2D eigenvalue weighted by Crippen LogP contribution is -2.29. The Morgan fingerprint density at radius 1 is 1.43 bits per heavy atom. The number of aliphatic hydroxyl groups excluding tert-OH is 1. The number of amides is 1. The van der Waals surface area contributed by atoms with Crippen LogP contribution in [0.2, 0.25) is 0 Å². The molecule has 1 unspecified atom stereocenters. The smallest absolute Gasteiger partial charge is 0.270 e. The van der Waals surface area contributed by atoms with Crippen molar-refractivity contribution in [2.45, 2.75) is 58.0 Å². The Balaban J connectivity index is 1.88. The van der Waals surface area contributed by atoms with Gasteiger partial charge in [-0.15, -0.1) is 0 Å². The first-order valence-electron chi connectivity index (χ1n) is 7.87. The van der Waals surface area contributed by atoms with Crippen LogP contribution in [0.3, 0.4) is 0 Å². The Bertz CT molecular complexity index is 470. The first-order chi connectivity index (χ1) is 10.1. The zero-order valence-electron chi connectivity index (χ0n) is 12.9. The minimum absolute atomic E-state index is 0.187. The molecule has 5 heteroatoms. The SMILES string of the molecule is CC(C)C(O)CCNC(=O)c1ccnc(C2CCCC2)n1. The van der Waals surface area contributed by atoms with E-state index in [9.17, 15) is 9.90 Å². The van der Waals surface area contributed by atoms with E-state index in [4.69, 9.17) is 0 Å². The molecule has 1 heterocycles. The van der Waals surface area contributed by atoms with Crippen molar-refractivity contribution in [2.24, 2.45) is 5.92 Å². The van der Waals surface area contributed by atoms with Crippen LogP contribution in [-0.4, -0.2) is 33.6 Å². The number of nitrogens with one attached hydrogen (secondary N) is 1. The number of aliphatic hydroxyl groups is 1. The van der Waals surface area contributed by atoms with Crippen LogP contribution in [0.4, 0.5) is 0 Å². The maximum absolute atomic E-state index is 12.1. The molecule has 5 nitrogen and oxygen atoms in total. The van der Waals surface area contributed by atoms with Crippen LogP contribution in [0.1, 0.15) is 68.2 Å². The third-order valence-electron chi connectivity index (χ3n) is 4.12. The molecule has 2 rings (SSSR count). The fraction of sp³-hybridized carbons (Fsp3) is 0.688. The predicted molar refractivity (Wildman–Crippen MR) is 81.0 cm³/mol. The summed E-state index contributed by atoms with van der Waals surface area (Å²) in [5.41, 5.74) is 0.422. The van der Waals surface area contributed by atoms with Crippen molar-refractivity contribution in [3.05, 3.63) is 23.8 Å². The Hall–Kier alpha value is -1.49. The summed E-state index contributed by atoms with van der Waals surface area (Å²) in [6, 6.07) is 1.65. The van der Waals surface area contributed by atoms with E-state index in [1.807, 2.05) is 13.8 Å². The molecule has 0 aromatic carbocycles. The van der Waals surface area contributed by atoms with Gasteiger partial charge in [0.2, 0.25) is 0 Å². The second-order valence-electron chi connectivity index (χ2n) is 6.14. The van der Waals surface area contributed by atoms with E-state index in [0.717, 1.165) is 18.7 Å². The highest BCUT2D eigenvalue weighted by atomic mass is 16.3. The van der Waals surface area contributed by atoms with Crippen LogP contribution in [0.25, 0.3) is 0 Å². The van der Waals surface area contributed by atoms with E-state index < -0.39 is 0 Å². The number of hydrogen-bond donors (Lipinski definition) is 2. The highest BCUT2D eigenvalue weighted by Gasteiger charge is 2.20. The number of aromatic nitrogens is 2. The molecule has 0 aliphatic heterocycles. The summed E-state index contributed by atoms with van der Waals surface area (Å²) >= 11 is 0. The minimum Gasteiger partial charge on any atom is -0.393 e. The van der Waals surface area contributed by atoms with E-state index in [0.29, 0.717) is 24.6 Å². The largest absolute Gasteiger partial charge is 0.393 e. The Morgan fingerprint density at radius 3 is 2.81 bits per heavy atom. The lowest BCUT2D eigenvalue weighted by atomic mass is 10.0. The molecule has 116 valence electrons. The molecule has 0 spiro atoms. The number of nitrogens with zero attached hydrogens (tertiary/aromatic N) is 2. The van der Waals surface area contributed by atoms with Crippen LogP contribution >= 0.6 is 0 Å². The molecule has 1 aromatic rings. The number of carbonyl (C=O) groups excluding carboxylic acids is 1. The maximum Gasteiger partial charge on any atom is 0.270 e. The molecule has 1 aliphatic rings. The normalized spacial score (nSPS) is 17.1. The van der Waals surface area contributed by atoms with Gasteiger partial charge in [0.25, 0.3) is 5.91 Å². The summed E-state index contributed by atoms with van der Waals surface area (Å²) in [6.45, 7) is 4.39. The quantitative estimate of drug-likeness (QED) is 0.843. The van der Waals surface area contributed by atoms with Gasteiger partial charge in [-0.05, 0) is 31.2 Å². The van der Waals surface area contributed by atoms with Gasteiger partial charge >= 0.3 is 0 Å². The van der Waals surface area contributed by atoms with E-state index in [2.05, 4.69) is 15.3 Å². The molecule has 21 heavy (non-hydrogen) atoms. The first-order valence-corrected chi connectivity index (χ1v) is 7.87. The standard InChI is InChI=1S/C16H25N3O2/c1-11(2)14(20)8-10-18-16(21)13-7-9-17-15(19-13)12-5-3-4-6-12/h7,9,11-12,14,20H,3-6,8,10H2,1-2H3,(H,18,21). The van der Waals surface area contributed by atoms with Gasteiger partial charge in [-0.1, -0.05) is 26.7 Å². The third-order valence-corrected chi connectivity index (χ3v) is 4.12. The molecule has 0 bridgehead atoms. The topological polar surface area (TPSA) is 75.1 Å². The van der Waals surface area contributed by atoms with Crippen LogP contribution in [0, 0.1) is 5.92 Å². The lowest BCUT2D eigenvalue weighted by molar-refractivity contribution is 0.0915. The predicted octanol–water partition coefficient (Wildman–Crippen LogP) is 2.27. The average molecular weight is 291 g/mol. The van der Waals surface area contributed by atoms with Gasteiger partial charge in [0.1, 0.15) is 11.5 Å². The van der Waals surface area contributed by atoms with E-state index >= 15 is 0 Å². The van der Waals surface area contributed by atoms with Gasteiger partial charge < -0.3 is 10.4 Å². The van der Waals surface area contributed by atoms with Crippen LogP contribution in [0.15, 0.2) is 12.3 Å². The van der Waals surface area contributed by atoms with Crippen molar-refractivity contribution in [1.29, 1.82) is 0 Å². The van der Waals surface area contributed by atoms with Crippen LogP contribution < -0.4 is 5.32 Å². The van der Waals surface area contributed by atoms with Gasteiger partial charge in [-0.3, -0.25) is 4.79 Å². The molecule has 0 saturated heterocycles. The molecule has 1 amide bonds. The monoisotopic (exact) mass is 291 g/mol. The highest BCUT2D eigenvalue weighted by molar-refractivity contribution is 5.92. The molecule has 1 fully saturated rings. The van der Waals surface area contributed by atoms with E-state index in [-0.39, 0.29) is 17.9 Å². The number of rotatable bonds is 6. The summed E-state index contributed by atoms with van der Waals surface area (Å²) in [6.07, 6.45) is 6.51. The zero-order chi connectivity index (χ0) is 15.2. The van der Waals surface area contributed by atoms with Crippen molar-refractivity contribution in [2.75, 3.05) is 6.54 Å². The van der Waals surface area contributed by atoms with Gasteiger partial charge in [-0.25, -0.2) is 9.97 Å². The van der Waals surface area contributed by atoms with Crippen LogP contribution in [0.5, 0.6) is 0 Å². The highest BCUT2D eigenvalue weighted by Crippen LogP contribution is 2.31. The Labute approximate surface area is 126 Å². The number of hydrogen-bond acceptors (Lipinski definition) is 4. The fourth-order valence-electron chi connectivity index (χ4n) is 2.64. The second kappa shape index (κ2) is 7.50. The average Bonchev–Trinajstić information content (AvgIpc) is 3.01. The summed E-state index contributed by atoms with van der Waals surface area (Å²) < 4.78 is 0. The summed E-state index contributed by atoms with van der Waals surface area (Å²) in [5.74, 6) is 1.21. The molecule has 1 aromatic heterocycles. The summed E-state index contributed by atoms with van der Waals surface area (Å²) in [4.78, 5) is 20.8. The Morgan fingerprint density at radius 2 is 2.14 bits per heavy atom. The number of carbonyl (C=O) groups is 1. The van der Waals surface area contributed by atoms with Gasteiger partial charge in [0.05, 0.1) is 6.10 Å². The lowest BCUT2D eigenvalue weighted by Gasteiger charge is -2.14. The van der Waals surface area contributed by atoms with E-state index in [1.54, 1.807) is 12.3 Å². The van der Waals surface area contributed by atoms with Crippen LogP contribution in [-0.2, 0) is 0 Å². The fourth-order valence-corrected chi connectivity index (χ4v) is 2.64.